The van der Waals surface area contributed by atoms with Crippen molar-refractivity contribution in [2.45, 2.75) is 20.3 Å². The molecule has 4 heterocycles. The number of piperazine rings is 2. The van der Waals surface area contributed by atoms with Gasteiger partial charge in [-0.3, -0.25) is 9.69 Å². The maximum Gasteiger partial charge on any atom is 0.227 e. The number of aromatic nitrogens is 3. The van der Waals surface area contributed by atoms with Crippen LogP contribution in [0.1, 0.15) is 17.0 Å². The minimum absolute atomic E-state index is 0.107. The molecule has 1 N–H and O–H groups in total. The van der Waals surface area contributed by atoms with Gasteiger partial charge in [-0.1, -0.05) is 5.16 Å². The summed E-state index contributed by atoms with van der Waals surface area (Å²) in [6, 6.07) is 4.04. The first-order valence-corrected chi connectivity index (χ1v) is 10.9. The number of carbonyl (C=O) groups excluding carboxylic acids is 1. The summed E-state index contributed by atoms with van der Waals surface area (Å²) in [6.45, 7) is 11.1. The monoisotopic (exact) mass is 429 g/mol. The van der Waals surface area contributed by atoms with E-state index in [1.807, 2.05) is 30.9 Å². The van der Waals surface area contributed by atoms with Crippen molar-refractivity contribution in [1.82, 2.24) is 25.2 Å². The van der Waals surface area contributed by atoms with Crippen molar-refractivity contribution in [3.8, 4) is 0 Å². The first-order valence-electron chi connectivity index (χ1n) is 10.9. The molecule has 2 fully saturated rings. The van der Waals surface area contributed by atoms with Crippen molar-refractivity contribution < 1.29 is 14.4 Å². The van der Waals surface area contributed by atoms with Crippen LogP contribution in [0.25, 0.3) is 0 Å². The zero-order chi connectivity index (χ0) is 21.8. The Hall–Kier alpha value is -2.72. The van der Waals surface area contributed by atoms with E-state index < -0.39 is 0 Å². The summed E-state index contributed by atoms with van der Waals surface area (Å²) >= 11 is 0. The second-order valence-electron chi connectivity index (χ2n) is 8.15. The minimum atomic E-state index is 0.107. The second kappa shape index (κ2) is 9.61. The molecule has 0 atom stereocenters. The molecule has 0 saturated carbocycles. The number of hydrogen-bond acceptors (Lipinski definition) is 9. The van der Waals surface area contributed by atoms with Crippen LogP contribution in [0, 0.1) is 13.8 Å². The lowest BCUT2D eigenvalue weighted by Crippen LogP contribution is -2.49. The molecule has 0 aliphatic carbocycles. The minimum Gasteiger partial charge on any atom is -0.395 e. The number of amides is 1. The van der Waals surface area contributed by atoms with E-state index in [0.29, 0.717) is 19.5 Å². The highest BCUT2D eigenvalue weighted by atomic mass is 16.5. The molecule has 2 aliphatic rings. The summed E-state index contributed by atoms with van der Waals surface area (Å²) in [4.78, 5) is 21.2. The van der Waals surface area contributed by atoms with E-state index in [1.165, 1.54) is 0 Å². The van der Waals surface area contributed by atoms with Gasteiger partial charge in [-0.05, 0) is 26.0 Å². The number of carbonyl (C=O) groups is 1. The van der Waals surface area contributed by atoms with Gasteiger partial charge in [0.15, 0.2) is 11.6 Å². The number of hydrogen-bond donors (Lipinski definition) is 1. The van der Waals surface area contributed by atoms with Gasteiger partial charge in [-0.15, -0.1) is 10.2 Å². The van der Waals surface area contributed by atoms with Gasteiger partial charge in [0.05, 0.1) is 18.7 Å². The van der Waals surface area contributed by atoms with E-state index in [2.05, 4.69) is 30.1 Å². The fourth-order valence-electron chi connectivity index (χ4n) is 4.20. The highest BCUT2D eigenvalue weighted by Gasteiger charge is 2.24. The third-order valence-electron chi connectivity index (χ3n) is 6.21. The van der Waals surface area contributed by atoms with E-state index in [9.17, 15) is 4.79 Å². The van der Waals surface area contributed by atoms with E-state index in [-0.39, 0.29) is 12.5 Å². The van der Waals surface area contributed by atoms with E-state index in [1.54, 1.807) is 0 Å². The van der Waals surface area contributed by atoms with Crippen molar-refractivity contribution in [3.05, 3.63) is 29.2 Å². The van der Waals surface area contributed by atoms with Gasteiger partial charge >= 0.3 is 0 Å². The maximum atomic E-state index is 12.7. The molecule has 4 rings (SSSR count). The van der Waals surface area contributed by atoms with Crippen molar-refractivity contribution in [1.29, 1.82) is 0 Å². The number of aryl methyl sites for hydroxylation is 2. The predicted octanol–water partition coefficient (Wildman–Crippen LogP) is 0.0870. The molecule has 2 aromatic rings. The second-order valence-corrected chi connectivity index (χ2v) is 8.15. The van der Waals surface area contributed by atoms with Gasteiger partial charge in [-0.25, -0.2) is 0 Å². The molecule has 1 amide bonds. The molecule has 0 unspecified atom stereocenters. The zero-order valence-electron chi connectivity index (χ0n) is 18.3. The molecule has 0 radical (unpaired) electrons. The van der Waals surface area contributed by atoms with Crippen molar-refractivity contribution in [2.24, 2.45) is 0 Å². The van der Waals surface area contributed by atoms with Crippen molar-refractivity contribution in [3.63, 3.8) is 0 Å². The Morgan fingerprint density at radius 3 is 2.03 bits per heavy atom. The SMILES string of the molecule is Cc1noc(C)c1CC(=O)N1CCN(c2ccc(N3CCN(CCO)CC3)nn2)CC1. The molecule has 10 nitrogen and oxygen atoms in total. The highest BCUT2D eigenvalue weighted by molar-refractivity contribution is 5.79. The average Bonchev–Trinajstić information content (AvgIpc) is 3.12. The van der Waals surface area contributed by atoms with Gasteiger partial charge < -0.3 is 24.3 Å². The van der Waals surface area contributed by atoms with Crippen LogP contribution >= 0.6 is 0 Å². The highest BCUT2D eigenvalue weighted by Crippen LogP contribution is 2.19. The summed E-state index contributed by atoms with van der Waals surface area (Å²) in [7, 11) is 0. The Bertz CT molecular complexity index is 850. The summed E-state index contributed by atoms with van der Waals surface area (Å²) in [5.74, 6) is 2.56. The third kappa shape index (κ3) is 4.96. The Morgan fingerprint density at radius 1 is 0.968 bits per heavy atom. The van der Waals surface area contributed by atoms with Gasteiger partial charge in [-0.2, -0.15) is 0 Å². The first kappa shape index (κ1) is 21.5. The van der Waals surface area contributed by atoms with Crippen LogP contribution < -0.4 is 9.80 Å². The van der Waals surface area contributed by atoms with Gasteiger partial charge in [0.1, 0.15) is 5.76 Å². The van der Waals surface area contributed by atoms with Crippen LogP contribution in [0.2, 0.25) is 0 Å². The van der Waals surface area contributed by atoms with Crippen LogP contribution in [0.3, 0.4) is 0 Å². The van der Waals surface area contributed by atoms with Crippen molar-refractivity contribution in [2.75, 3.05) is 75.3 Å². The molecule has 2 aliphatic heterocycles. The van der Waals surface area contributed by atoms with Crippen molar-refractivity contribution >= 4 is 17.5 Å². The number of aliphatic hydroxyl groups excluding tert-OH is 1. The quantitative estimate of drug-likeness (QED) is 0.684. The predicted molar refractivity (Wildman–Crippen MR) is 116 cm³/mol. The molecule has 0 aromatic carbocycles. The standard InChI is InChI=1S/C21H31N7O3/c1-16-18(17(2)31-24-16)15-21(30)28-11-9-27(10-12-28)20-4-3-19(22-23-20)26-7-5-25(6-8-26)13-14-29/h3-4,29H,5-15H2,1-2H3. The van der Waals surface area contributed by atoms with E-state index in [4.69, 9.17) is 9.63 Å². The lowest BCUT2D eigenvalue weighted by molar-refractivity contribution is -0.130. The fourth-order valence-corrected chi connectivity index (χ4v) is 4.20. The smallest absolute Gasteiger partial charge is 0.227 e. The average molecular weight is 430 g/mol. The number of aliphatic hydroxyl groups is 1. The molecule has 0 bridgehead atoms. The normalized spacial score (nSPS) is 18.0. The van der Waals surface area contributed by atoms with Crippen LogP contribution in [-0.4, -0.2) is 102 Å². The lowest BCUT2D eigenvalue weighted by atomic mass is 10.1. The van der Waals surface area contributed by atoms with Gasteiger partial charge in [0.25, 0.3) is 0 Å². The van der Waals surface area contributed by atoms with Crippen LogP contribution in [0.5, 0.6) is 0 Å². The molecule has 10 heteroatoms. The summed E-state index contributed by atoms with van der Waals surface area (Å²) in [5, 5.41) is 21.9. The summed E-state index contributed by atoms with van der Waals surface area (Å²) in [6.07, 6.45) is 0.335. The summed E-state index contributed by atoms with van der Waals surface area (Å²) in [5.41, 5.74) is 1.68. The van der Waals surface area contributed by atoms with Gasteiger partial charge in [0, 0.05) is 64.5 Å². The Kier molecular flexibility index (Phi) is 6.67. The van der Waals surface area contributed by atoms with E-state index >= 15 is 0 Å². The number of β-amino-alcohol motifs (C(OH)–C–C–N with tert-alkyl or cyclic N) is 1. The molecular formula is C21H31N7O3. The first-order chi connectivity index (χ1) is 15.0. The molecule has 31 heavy (non-hydrogen) atoms. The molecule has 2 aromatic heterocycles. The molecule has 0 spiro atoms. The molecular weight excluding hydrogens is 398 g/mol. The number of rotatable bonds is 6. The Labute approximate surface area is 182 Å². The maximum absolute atomic E-state index is 12.7. The number of anilines is 2. The zero-order valence-corrected chi connectivity index (χ0v) is 18.3. The van der Waals surface area contributed by atoms with Gasteiger partial charge in [0.2, 0.25) is 5.91 Å². The largest absolute Gasteiger partial charge is 0.395 e. The van der Waals surface area contributed by atoms with E-state index in [0.717, 1.165) is 74.5 Å². The fraction of sp³-hybridized carbons (Fsp3) is 0.619. The molecule has 2 saturated heterocycles. The summed E-state index contributed by atoms with van der Waals surface area (Å²) < 4.78 is 5.17. The Morgan fingerprint density at radius 2 is 1.55 bits per heavy atom. The lowest BCUT2D eigenvalue weighted by Gasteiger charge is -2.36. The molecule has 168 valence electrons. The number of nitrogens with zero attached hydrogens (tertiary/aromatic N) is 7. The van der Waals surface area contributed by atoms with Crippen LogP contribution in [-0.2, 0) is 11.2 Å². The Balaban J connectivity index is 1.27. The topological polar surface area (TPSA) is 102 Å². The third-order valence-corrected chi connectivity index (χ3v) is 6.21. The van der Waals surface area contributed by atoms with Crippen LogP contribution in [0.4, 0.5) is 11.6 Å². The van der Waals surface area contributed by atoms with Crippen LogP contribution in [0.15, 0.2) is 16.7 Å².